The van der Waals surface area contributed by atoms with Gasteiger partial charge in [-0.1, -0.05) is 30.3 Å². The zero-order valence-corrected chi connectivity index (χ0v) is 15.4. The van der Waals surface area contributed by atoms with E-state index >= 15 is 0 Å². The molecule has 0 radical (unpaired) electrons. The van der Waals surface area contributed by atoms with E-state index in [1.165, 1.54) is 5.56 Å². The molecular formula is C22H25NO2. The Balaban J connectivity index is 1.74. The van der Waals surface area contributed by atoms with Gasteiger partial charge in [-0.25, -0.2) is 0 Å². The van der Waals surface area contributed by atoms with Gasteiger partial charge < -0.3 is 9.30 Å². The van der Waals surface area contributed by atoms with Gasteiger partial charge in [0.15, 0.2) is 5.78 Å². The number of Topliss-reactive ketones (excluding diaryl/α,β-unsaturated/α-hetero) is 1. The van der Waals surface area contributed by atoms with Crippen LogP contribution >= 0.6 is 0 Å². The van der Waals surface area contributed by atoms with Gasteiger partial charge in [-0.15, -0.1) is 0 Å². The minimum atomic E-state index is 0.124. The third-order valence-corrected chi connectivity index (χ3v) is 4.71. The molecule has 0 aliphatic rings. The number of carbonyl (C=O) groups is 1. The summed E-state index contributed by atoms with van der Waals surface area (Å²) >= 11 is 0. The van der Waals surface area contributed by atoms with Gasteiger partial charge in [0.1, 0.15) is 5.75 Å². The molecule has 0 aliphatic carbocycles. The smallest absolute Gasteiger partial charge is 0.162 e. The molecule has 0 spiro atoms. The highest BCUT2D eigenvalue weighted by molar-refractivity contribution is 6.08. The molecule has 0 saturated carbocycles. The van der Waals surface area contributed by atoms with E-state index in [1.807, 2.05) is 25.1 Å². The van der Waals surface area contributed by atoms with Gasteiger partial charge in [-0.05, 0) is 57.4 Å². The molecule has 1 heterocycles. The maximum Gasteiger partial charge on any atom is 0.162 e. The van der Waals surface area contributed by atoms with Crippen molar-refractivity contribution >= 4 is 16.7 Å². The number of carbonyl (C=O) groups excluding carboxylic acids is 1. The zero-order valence-electron chi connectivity index (χ0n) is 15.4. The molecule has 25 heavy (non-hydrogen) atoms. The number of ketones is 1. The molecule has 2 aromatic carbocycles. The predicted molar refractivity (Wildman–Crippen MR) is 103 cm³/mol. The van der Waals surface area contributed by atoms with Crippen molar-refractivity contribution in [2.75, 3.05) is 6.61 Å². The van der Waals surface area contributed by atoms with E-state index in [1.54, 1.807) is 6.92 Å². The summed E-state index contributed by atoms with van der Waals surface area (Å²) in [6.45, 7) is 9.31. The molecule has 0 N–H and O–H groups in total. The van der Waals surface area contributed by atoms with Crippen LogP contribution < -0.4 is 4.74 Å². The zero-order chi connectivity index (χ0) is 18.0. The Morgan fingerprint density at radius 3 is 2.60 bits per heavy atom. The minimum absolute atomic E-state index is 0.124. The van der Waals surface area contributed by atoms with Crippen molar-refractivity contribution in [2.45, 2.75) is 40.7 Å². The molecule has 0 fully saturated rings. The Morgan fingerprint density at radius 2 is 1.84 bits per heavy atom. The molecular weight excluding hydrogens is 310 g/mol. The number of hydrogen-bond acceptors (Lipinski definition) is 2. The van der Waals surface area contributed by atoms with Crippen LogP contribution in [0.3, 0.4) is 0 Å². The summed E-state index contributed by atoms with van der Waals surface area (Å²) in [7, 11) is 0. The maximum absolute atomic E-state index is 12.0. The molecule has 0 aliphatic heterocycles. The first-order valence-electron chi connectivity index (χ1n) is 8.78. The molecule has 0 unspecified atom stereocenters. The summed E-state index contributed by atoms with van der Waals surface area (Å²) in [5.41, 5.74) is 5.37. The normalized spacial score (nSPS) is 11.0. The summed E-state index contributed by atoms with van der Waals surface area (Å²) < 4.78 is 8.20. The largest absolute Gasteiger partial charge is 0.493 e. The van der Waals surface area contributed by atoms with Crippen LogP contribution in [0.25, 0.3) is 10.9 Å². The Hall–Kier alpha value is -2.55. The fourth-order valence-corrected chi connectivity index (χ4v) is 3.43. The standard InChI is InChI=1S/C22H25NO2/c1-15-10-11-16(2)21(14-15)25-13-7-12-23-17(3)22(18(4)24)19-8-5-6-9-20(19)23/h5-6,8-11,14H,7,12-13H2,1-4H3. The van der Waals surface area contributed by atoms with Crippen LogP contribution in [0.15, 0.2) is 42.5 Å². The van der Waals surface area contributed by atoms with Crippen molar-refractivity contribution in [1.82, 2.24) is 4.57 Å². The number of hydrogen-bond donors (Lipinski definition) is 0. The second-order valence-electron chi connectivity index (χ2n) is 6.66. The fraction of sp³-hybridized carbons (Fsp3) is 0.318. The predicted octanol–water partition coefficient (Wildman–Crippen LogP) is 5.24. The first-order valence-corrected chi connectivity index (χ1v) is 8.78. The molecule has 1 aromatic heterocycles. The molecule has 3 heteroatoms. The van der Waals surface area contributed by atoms with Crippen molar-refractivity contribution < 1.29 is 9.53 Å². The maximum atomic E-state index is 12.0. The van der Waals surface area contributed by atoms with Gasteiger partial charge in [0, 0.05) is 28.7 Å². The lowest BCUT2D eigenvalue weighted by Gasteiger charge is -2.12. The van der Waals surface area contributed by atoms with Crippen LogP contribution in [0, 0.1) is 20.8 Å². The lowest BCUT2D eigenvalue weighted by atomic mass is 10.1. The quantitative estimate of drug-likeness (QED) is 0.456. The molecule has 3 rings (SSSR count). The van der Waals surface area contributed by atoms with E-state index in [0.717, 1.165) is 46.4 Å². The Labute approximate surface area is 149 Å². The van der Waals surface area contributed by atoms with E-state index in [9.17, 15) is 4.79 Å². The number of fused-ring (bicyclic) bond motifs is 1. The van der Waals surface area contributed by atoms with Gasteiger partial charge in [0.05, 0.1) is 6.61 Å². The highest BCUT2D eigenvalue weighted by atomic mass is 16.5. The number of nitrogens with zero attached hydrogens (tertiary/aromatic N) is 1. The van der Waals surface area contributed by atoms with E-state index in [0.29, 0.717) is 6.61 Å². The average molecular weight is 335 g/mol. The summed E-state index contributed by atoms with van der Waals surface area (Å²) in [6.07, 6.45) is 0.893. The summed E-state index contributed by atoms with van der Waals surface area (Å²) in [5.74, 6) is 1.08. The van der Waals surface area contributed by atoms with Gasteiger partial charge >= 0.3 is 0 Å². The third-order valence-electron chi connectivity index (χ3n) is 4.71. The van der Waals surface area contributed by atoms with E-state index < -0.39 is 0 Å². The van der Waals surface area contributed by atoms with E-state index in [-0.39, 0.29) is 5.78 Å². The molecule has 0 atom stereocenters. The fourth-order valence-electron chi connectivity index (χ4n) is 3.43. The number of benzene rings is 2. The van der Waals surface area contributed by atoms with Crippen molar-refractivity contribution in [2.24, 2.45) is 0 Å². The van der Waals surface area contributed by atoms with Crippen molar-refractivity contribution in [1.29, 1.82) is 0 Å². The van der Waals surface area contributed by atoms with Crippen molar-refractivity contribution in [3.63, 3.8) is 0 Å². The molecule has 0 bridgehead atoms. The third kappa shape index (κ3) is 3.46. The van der Waals surface area contributed by atoms with E-state index in [2.05, 4.69) is 42.7 Å². The van der Waals surface area contributed by atoms with Gasteiger partial charge in [-0.3, -0.25) is 4.79 Å². The number of rotatable bonds is 6. The van der Waals surface area contributed by atoms with Gasteiger partial charge in [0.25, 0.3) is 0 Å². The SMILES string of the molecule is CC(=O)c1c(C)n(CCCOc2cc(C)ccc2C)c2ccccc12. The second-order valence-corrected chi connectivity index (χ2v) is 6.66. The molecule has 130 valence electrons. The van der Waals surface area contributed by atoms with Crippen molar-refractivity contribution in [3.05, 3.63) is 64.8 Å². The Bertz CT molecular complexity index is 921. The molecule has 3 aromatic rings. The monoisotopic (exact) mass is 335 g/mol. The summed E-state index contributed by atoms with van der Waals surface area (Å²) in [5, 5.41) is 1.04. The van der Waals surface area contributed by atoms with Crippen molar-refractivity contribution in [3.8, 4) is 5.75 Å². The Morgan fingerprint density at radius 1 is 1.08 bits per heavy atom. The molecule has 0 saturated heterocycles. The number of aryl methyl sites for hydroxylation is 3. The van der Waals surface area contributed by atoms with Crippen LogP contribution in [-0.4, -0.2) is 17.0 Å². The molecule has 0 amide bonds. The summed E-state index contributed by atoms with van der Waals surface area (Å²) in [4.78, 5) is 12.0. The van der Waals surface area contributed by atoms with E-state index in [4.69, 9.17) is 4.74 Å². The number of para-hydroxylation sites is 1. The first kappa shape index (κ1) is 17.3. The highest BCUT2D eigenvalue weighted by Crippen LogP contribution is 2.26. The number of ether oxygens (including phenoxy) is 1. The van der Waals surface area contributed by atoms with Crippen LogP contribution in [0.5, 0.6) is 5.75 Å². The van der Waals surface area contributed by atoms with Crippen LogP contribution in [0.4, 0.5) is 0 Å². The second kappa shape index (κ2) is 7.14. The van der Waals surface area contributed by atoms with Crippen LogP contribution in [0.2, 0.25) is 0 Å². The number of aromatic nitrogens is 1. The van der Waals surface area contributed by atoms with Crippen LogP contribution in [0.1, 0.15) is 40.5 Å². The van der Waals surface area contributed by atoms with Gasteiger partial charge in [0.2, 0.25) is 0 Å². The topological polar surface area (TPSA) is 31.2 Å². The van der Waals surface area contributed by atoms with Gasteiger partial charge in [-0.2, -0.15) is 0 Å². The minimum Gasteiger partial charge on any atom is -0.493 e. The molecule has 3 nitrogen and oxygen atoms in total. The average Bonchev–Trinajstić information content (AvgIpc) is 2.86. The summed E-state index contributed by atoms with van der Waals surface area (Å²) in [6, 6.07) is 14.4. The Kier molecular flexibility index (Phi) is 4.93. The highest BCUT2D eigenvalue weighted by Gasteiger charge is 2.16. The lowest BCUT2D eigenvalue weighted by Crippen LogP contribution is -2.07. The lowest BCUT2D eigenvalue weighted by molar-refractivity contribution is 0.101. The first-order chi connectivity index (χ1) is 12.0. The van der Waals surface area contributed by atoms with Crippen LogP contribution in [-0.2, 0) is 6.54 Å².